The summed E-state index contributed by atoms with van der Waals surface area (Å²) >= 11 is 4.30. The fourth-order valence-electron chi connectivity index (χ4n) is 10.0. The Labute approximate surface area is 387 Å². The van der Waals surface area contributed by atoms with Crippen molar-refractivity contribution in [2.24, 2.45) is 0 Å². The number of aryl methyl sites for hydroxylation is 1. The van der Waals surface area contributed by atoms with Gasteiger partial charge >= 0.3 is 7.12 Å². The van der Waals surface area contributed by atoms with Crippen LogP contribution in [0.4, 0.5) is 0 Å². The van der Waals surface area contributed by atoms with Crippen LogP contribution in [0.3, 0.4) is 0 Å². The van der Waals surface area contributed by atoms with E-state index in [1.807, 2.05) is 18.2 Å². The molecular formula is C57H90BNO2S. The molecule has 0 aliphatic rings. The lowest BCUT2D eigenvalue weighted by molar-refractivity contribution is 0.321. The van der Waals surface area contributed by atoms with Gasteiger partial charge in [0.25, 0.3) is 0 Å². The number of unbranched alkanes of at least 4 members (excludes halogenated alkanes) is 31. The van der Waals surface area contributed by atoms with Gasteiger partial charge in [-0.1, -0.05) is 265 Å². The topological polar surface area (TPSA) is 43.7 Å². The highest BCUT2D eigenvalue weighted by molar-refractivity contribution is 7.80. The zero-order valence-electron chi connectivity index (χ0n) is 39.8. The molecule has 2 N–H and O–H groups in total. The van der Waals surface area contributed by atoms with Crippen LogP contribution in [0, 0.1) is 0 Å². The second-order valence-corrected chi connectivity index (χ2v) is 19.5. The van der Waals surface area contributed by atoms with Crippen LogP contribution in [0.15, 0.2) is 72.8 Å². The van der Waals surface area contributed by atoms with E-state index < -0.39 is 7.12 Å². The molecule has 0 radical (unpaired) electrons. The van der Waals surface area contributed by atoms with E-state index in [0.717, 1.165) is 24.3 Å². The molecule has 0 aliphatic carbocycles. The third-order valence-electron chi connectivity index (χ3n) is 13.7. The Morgan fingerprint density at radius 1 is 0.371 bits per heavy atom. The van der Waals surface area contributed by atoms with Gasteiger partial charge in [-0.2, -0.15) is 12.6 Å². The van der Waals surface area contributed by atoms with E-state index >= 15 is 0 Å². The zero-order chi connectivity index (χ0) is 43.7. The number of nitrogens with zero attached hydrogens (tertiary/aromatic N) is 1. The van der Waals surface area contributed by atoms with Gasteiger partial charge in [0, 0.05) is 13.1 Å². The van der Waals surface area contributed by atoms with Crippen molar-refractivity contribution in [3.05, 3.63) is 89.5 Å². The SMILES string of the molecule is CN(Cc1ccccc1B(O)O)Cc1c2ccccc2c(CCCCCCCCCCCCCCCCCCCCCCCCCCCCCCCCCCS)c2ccccc12. The van der Waals surface area contributed by atoms with Crippen molar-refractivity contribution in [3.63, 3.8) is 0 Å². The Morgan fingerprint density at radius 3 is 1.00 bits per heavy atom. The molecule has 344 valence electrons. The average Bonchev–Trinajstić information content (AvgIpc) is 3.28. The predicted molar refractivity (Wildman–Crippen MR) is 278 cm³/mol. The number of hydrogen-bond acceptors (Lipinski definition) is 4. The predicted octanol–water partition coefficient (Wildman–Crippen LogP) is 16.3. The fraction of sp³-hybridized carbons (Fsp3) is 0.649. The Morgan fingerprint density at radius 2 is 0.661 bits per heavy atom. The summed E-state index contributed by atoms with van der Waals surface area (Å²) in [6, 6.07) is 25.6. The summed E-state index contributed by atoms with van der Waals surface area (Å²) in [5.41, 5.74) is 4.38. The summed E-state index contributed by atoms with van der Waals surface area (Å²) in [6.45, 7) is 1.44. The minimum Gasteiger partial charge on any atom is -0.423 e. The molecule has 4 aromatic rings. The van der Waals surface area contributed by atoms with Crippen LogP contribution in [-0.2, 0) is 19.5 Å². The van der Waals surface area contributed by atoms with Crippen LogP contribution in [0.25, 0.3) is 21.5 Å². The van der Waals surface area contributed by atoms with Crippen molar-refractivity contribution in [1.82, 2.24) is 4.90 Å². The van der Waals surface area contributed by atoms with Crippen molar-refractivity contribution in [3.8, 4) is 0 Å². The Balaban J connectivity index is 0.951. The quantitative estimate of drug-likeness (QED) is 0.0181. The molecule has 0 saturated heterocycles. The van der Waals surface area contributed by atoms with Crippen LogP contribution < -0.4 is 5.46 Å². The third kappa shape index (κ3) is 21.1. The highest BCUT2D eigenvalue weighted by atomic mass is 32.1. The van der Waals surface area contributed by atoms with Gasteiger partial charge in [0.15, 0.2) is 0 Å². The molecule has 0 unspecified atom stereocenters. The first-order valence-corrected chi connectivity index (χ1v) is 26.9. The van der Waals surface area contributed by atoms with Gasteiger partial charge in [-0.15, -0.1) is 0 Å². The molecule has 0 aromatic heterocycles. The van der Waals surface area contributed by atoms with E-state index in [1.165, 1.54) is 238 Å². The van der Waals surface area contributed by atoms with Gasteiger partial charge in [-0.3, -0.25) is 4.90 Å². The molecular weight excluding hydrogens is 774 g/mol. The lowest BCUT2D eigenvalue weighted by Gasteiger charge is -2.23. The van der Waals surface area contributed by atoms with E-state index in [1.54, 1.807) is 6.07 Å². The van der Waals surface area contributed by atoms with Gasteiger partial charge in [-0.25, -0.2) is 0 Å². The lowest BCUT2D eigenvalue weighted by Crippen LogP contribution is -2.35. The molecule has 0 saturated carbocycles. The van der Waals surface area contributed by atoms with Gasteiger partial charge < -0.3 is 10.0 Å². The van der Waals surface area contributed by atoms with E-state index in [2.05, 4.69) is 73.1 Å². The number of fused-ring (bicyclic) bond motifs is 2. The molecule has 4 aromatic carbocycles. The maximum atomic E-state index is 9.92. The lowest BCUT2D eigenvalue weighted by atomic mass is 9.77. The smallest absolute Gasteiger partial charge is 0.423 e. The summed E-state index contributed by atoms with van der Waals surface area (Å²) in [6.07, 6.45) is 46.9. The molecule has 0 spiro atoms. The number of rotatable bonds is 39. The first-order chi connectivity index (χ1) is 30.6. The summed E-state index contributed by atoms with van der Waals surface area (Å²) in [5, 5.41) is 25.3. The fourth-order valence-corrected chi connectivity index (χ4v) is 10.2. The molecule has 0 bridgehead atoms. The molecule has 5 heteroatoms. The molecule has 0 aliphatic heterocycles. The van der Waals surface area contributed by atoms with E-state index in [9.17, 15) is 10.0 Å². The number of thiol groups is 1. The summed E-state index contributed by atoms with van der Waals surface area (Å²) in [5.74, 6) is 1.06. The van der Waals surface area contributed by atoms with Crippen molar-refractivity contribution in [2.75, 3.05) is 12.8 Å². The minimum atomic E-state index is -1.46. The Bertz CT molecular complexity index is 1650. The van der Waals surface area contributed by atoms with Crippen LogP contribution >= 0.6 is 12.6 Å². The first-order valence-electron chi connectivity index (χ1n) is 26.2. The highest BCUT2D eigenvalue weighted by Gasteiger charge is 2.18. The van der Waals surface area contributed by atoms with Crippen LogP contribution in [-0.4, -0.2) is 34.9 Å². The second-order valence-electron chi connectivity index (χ2n) is 19.1. The molecule has 0 amide bonds. The monoisotopic (exact) mass is 864 g/mol. The Kier molecular flexibility index (Phi) is 28.8. The largest absolute Gasteiger partial charge is 0.488 e. The van der Waals surface area contributed by atoms with Crippen molar-refractivity contribution in [2.45, 2.75) is 225 Å². The maximum absolute atomic E-state index is 9.92. The number of benzene rings is 4. The summed E-state index contributed by atoms with van der Waals surface area (Å²) in [4.78, 5) is 2.29. The van der Waals surface area contributed by atoms with Crippen LogP contribution in [0.5, 0.6) is 0 Å². The first kappa shape index (κ1) is 52.3. The second kappa shape index (κ2) is 34.1. The maximum Gasteiger partial charge on any atom is 0.488 e. The minimum absolute atomic E-state index is 0.579. The van der Waals surface area contributed by atoms with Crippen LogP contribution in [0.2, 0.25) is 0 Å². The van der Waals surface area contributed by atoms with Crippen molar-refractivity contribution >= 4 is 46.8 Å². The average molecular weight is 864 g/mol. The Hall–Kier alpha value is -2.31. The zero-order valence-corrected chi connectivity index (χ0v) is 40.6. The molecule has 3 nitrogen and oxygen atoms in total. The normalized spacial score (nSPS) is 11.8. The standard InChI is InChI=1S/C57H90BNO2S/c1-59(48-50-40-33-38-46-57(50)58(60)61)49-56-54-44-36-34-42-52(54)51(53-43-35-37-45-55(53)56)41-32-30-28-26-24-22-20-18-16-14-12-10-8-6-4-2-3-5-7-9-11-13-15-17-19-21-23-25-27-29-31-39-47-62/h33-38,40,42-46,60-62H,2-32,39,41,47-49H2,1H3. The van der Waals surface area contributed by atoms with Gasteiger partial charge in [0.2, 0.25) is 0 Å². The third-order valence-corrected chi connectivity index (χ3v) is 14.0. The van der Waals surface area contributed by atoms with E-state index in [0.29, 0.717) is 12.0 Å². The summed E-state index contributed by atoms with van der Waals surface area (Å²) in [7, 11) is 0.667. The van der Waals surface area contributed by atoms with Crippen molar-refractivity contribution < 1.29 is 10.0 Å². The molecule has 0 atom stereocenters. The molecule has 62 heavy (non-hydrogen) atoms. The van der Waals surface area contributed by atoms with Crippen LogP contribution in [0.1, 0.15) is 222 Å². The summed E-state index contributed by atoms with van der Waals surface area (Å²) < 4.78 is 0. The van der Waals surface area contributed by atoms with Gasteiger partial charge in [0.05, 0.1) is 0 Å². The molecule has 0 heterocycles. The van der Waals surface area contributed by atoms with Crippen molar-refractivity contribution in [1.29, 1.82) is 0 Å². The highest BCUT2D eigenvalue weighted by Crippen LogP contribution is 2.35. The number of hydrogen-bond donors (Lipinski definition) is 3. The van der Waals surface area contributed by atoms with Gasteiger partial charge in [0.1, 0.15) is 0 Å². The van der Waals surface area contributed by atoms with E-state index in [-0.39, 0.29) is 0 Å². The molecule has 0 fully saturated rings. The van der Waals surface area contributed by atoms with E-state index in [4.69, 9.17) is 0 Å². The molecule has 4 rings (SSSR count). The van der Waals surface area contributed by atoms with Gasteiger partial charge in [-0.05, 0) is 75.8 Å².